The molecule has 0 aliphatic heterocycles. The first-order valence-electron chi connectivity index (χ1n) is 10.1. The molecule has 0 aliphatic rings. The lowest BCUT2D eigenvalue weighted by Gasteiger charge is -2.09. The van der Waals surface area contributed by atoms with Crippen LogP contribution < -0.4 is 10.1 Å². The highest BCUT2D eigenvalue weighted by Crippen LogP contribution is 2.25. The largest absolute Gasteiger partial charge is 0.487 e. The monoisotopic (exact) mass is 460 g/mol. The van der Waals surface area contributed by atoms with Crippen LogP contribution in [-0.4, -0.2) is 17.3 Å². The SMILES string of the molecule is N=COC(=[NH2+])/C(=C/c1ccc(Cl)cc1F)c1ccc(OCc2ccc3ccccc3n2)cc1. The fraction of sp³-hybridized carbons (Fsp3) is 0.0385. The Morgan fingerprint density at radius 1 is 1.03 bits per heavy atom. The van der Waals surface area contributed by atoms with E-state index in [1.807, 2.05) is 36.4 Å². The van der Waals surface area contributed by atoms with Crippen molar-refractivity contribution in [1.29, 1.82) is 5.41 Å². The van der Waals surface area contributed by atoms with Crippen LogP contribution in [0.4, 0.5) is 4.39 Å². The molecule has 4 aromatic rings. The molecule has 0 unspecified atom stereocenters. The molecule has 0 fully saturated rings. The van der Waals surface area contributed by atoms with E-state index in [0.717, 1.165) is 23.0 Å². The predicted octanol–water partition coefficient (Wildman–Crippen LogP) is 4.93. The van der Waals surface area contributed by atoms with Gasteiger partial charge in [-0.05, 0) is 48.0 Å². The van der Waals surface area contributed by atoms with Gasteiger partial charge in [-0.3, -0.25) is 5.41 Å². The van der Waals surface area contributed by atoms with Crippen LogP contribution in [-0.2, 0) is 11.3 Å². The number of nitrogens with zero attached hydrogens (tertiary/aromatic N) is 1. The normalized spacial score (nSPS) is 11.3. The standard InChI is InChI=1S/C26H19ClFN3O2/c27-20-9-5-19(24(28)14-20)13-23(26(30)33-16-29)17-7-11-22(12-8-17)32-15-21-10-6-18-3-1-2-4-25(18)31-21/h1-14,16,29-30H,15H2/p+1/b23-13+,29-16?,30-26?. The number of nitrogens with one attached hydrogen (secondary N) is 1. The molecule has 0 saturated carbocycles. The Morgan fingerprint density at radius 2 is 1.82 bits per heavy atom. The number of hydrogen-bond acceptors (Lipinski definition) is 4. The summed E-state index contributed by atoms with van der Waals surface area (Å²) < 4.78 is 25.2. The zero-order valence-electron chi connectivity index (χ0n) is 17.5. The number of ether oxygens (including phenoxy) is 2. The number of aromatic nitrogens is 1. The molecule has 1 heterocycles. The number of fused-ring (bicyclic) bond motifs is 1. The summed E-state index contributed by atoms with van der Waals surface area (Å²) in [5, 5.41) is 14.5. The highest BCUT2D eigenvalue weighted by atomic mass is 35.5. The molecule has 0 radical (unpaired) electrons. The highest BCUT2D eigenvalue weighted by molar-refractivity contribution is 6.30. The van der Waals surface area contributed by atoms with Crippen LogP contribution in [0.3, 0.4) is 0 Å². The Hall–Kier alpha value is -4.03. The average molecular weight is 461 g/mol. The van der Waals surface area contributed by atoms with Gasteiger partial charge in [0.2, 0.25) is 0 Å². The minimum atomic E-state index is -0.495. The van der Waals surface area contributed by atoms with E-state index in [0.29, 0.717) is 28.5 Å². The van der Waals surface area contributed by atoms with Crippen molar-refractivity contribution in [3.63, 3.8) is 0 Å². The molecule has 0 aliphatic carbocycles. The third kappa shape index (κ3) is 5.42. The minimum absolute atomic E-state index is 0.0339. The Kier molecular flexibility index (Phi) is 6.76. The zero-order chi connectivity index (χ0) is 23.2. The van der Waals surface area contributed by atoms with Crippen LogP contribution in [0, 0.1) is 11.2 Å². The molecule has 0 saturated heterocycles. The van der Waals surface area contributed by atoms with Crippen molar-refractivity contribution in [3.8, 4) is 5.75 Å². The quantitative estimate of drug-likeness (QED) is 0.233. The van der Waals surface area contributed by atoms with E-state index in [1.54, 1.807) is 42.5 Å². The first kappa shape index (κ1) is 22.2. The molecule has 1 aromatic heterocycles. The molecule has 7 heteroatoms. The second-order valence-electron chi connectivity index (χ2n) is 7.13. The van der Waals surface area contributed by atoms with E-state index in [-0.39, 0.29) is 11.5 Å². The molecule has 3 aromatic carbocycles. The van der Waals surface area contributed by atoms with E-state index in [1.165, 1.54) is 6.07 Å². The summed E-state index contributed by atoms with van der Waals surface area (Å²) in [6, 6.07) is 23.3. The van der Waals surface area contributed by atoms with Gasteiger partial charge >= 0.3 is 5.90 Å². The Morgan fingerprint density at radius 3 is 2.58 bits per heavy atom. The third-order valence-electron chi connectivity index (χ3n) is 4.92. The summed E-state index contributed by atoms with van der Waals surface area (Å²) >= 11 is 5.84. The predicted molar refractivity (Wildman–Crippen MR) is 129 cm³/mol. The number of rotatable bonds is 7. The Bertz CT molecular complexity index is 1350. The molecule has 5 nitrogen and oxygen atoms in total. The van der Waals surface area contributed by atoms with Gasteiger partial charge in [0, 0.05) is 16.0 Å². The Labute approximate surface area is 195 Å². The fourth-order valence-corrected chi connectivity index (χ4v) is 3.43. The number of para-hydroxylation sites is 1. The van der Waals surface area contributed by atoms with Gasteiger partial charge in [-0.2, -0.15) is 0 Å². The lowest BCUT2D eigenvalue weighted by Crippen LogP contribution is -2.41. The minimum Gasteiger partial charge on any atom is -0.487 e. The summed E-state index contributed by atoms with van der Waals surface area (Å²) in [6.45, 7) is 0.314. The number of benzene rings is 3. The van der Waals surface area contributed by atoms with Crippen LogP contribution in [0.15, 0.2) is 78.9 Å². The summed E-state index contributed by atoms with van der Waals surface area (Å²) in [5.74, 6) is 0.108. The molecule has 4 rings (SSSR count). The van der Waals surface area contributed by atoms with Gasteiger partial charge in [0.1, 0.15) is 18.2 Å². The molecule has 3 N–H and O–H groups in total. The topological polar surface area (TPSA) is 80.8 Å². The maximum absolute atomic E-state index is 14.3. The lowest BCUT2D eigenvalue weighted by atomic mass is 10.0. The second-order valence-corrected chi connectivity index (χ2v) is 7.57. The van der Waals surface area contributed by atoms with E-state index >= 15 is 0 Å². The maximum atomic E-state index is 14.3. The van der Waals surface area contributed by atoms with Gasteiger partial charge < -0.3 is 9.47 Å². The molecule has 0 amide bonds. The summed E-state index contributed by atoms with van der Waals surface area (Å²) in [6.07, 6.45) is 2.26. The molecular formula is C26H20ClFN3O2+. The fourth-order valence-electron chi connectivity index (χ4n) is 3.27. The van der Waals surface area contributed by atoms with E-state index in [2.05, 4.69) is 4.98 Å². The third-order valence-corrected chi connectivity index (χ3v) is 5.16. The van der Waals surface area contributed by atoms with Crippen LogP contribution in [0.5, 0.6) is 5.75 Å². The van der Waals surface area contributed by atoms with E-state index in [9.17, 15) is 4.39 Å². The molecule has 33 heavy (non-hydrogen) atoms. The zero-order valence-corrected chi connectivity index (χ0v) is 18.2. The maximum Gasteiger partial charge on any atom is 0.373 e. The highest BCUT2D eigenvalue weighted by Gasteiger charge is 2.16. The first-order valence-corrected chi connectivity index (χ1v) is 10.4. The number of hydrogen-bond donors (Lipinski definition) is 2. The van der Waals surface area contributed by atoms with Crippen molar-refractivity contribution < 1.29 is 19.3 Å². The van der Waals surface area contributed by atoms with Crippen molar-refractivity contribution in [2.45, 2.75) is 6.61 Å². The Balaban J connectivity index is 1.54. The number of pyridine rings is 1. The molecule has 164 valence electrons. The lowest BCUT2D eigenvalue weighted by molar-refractivity contribution is -0.128. The van der Waals surface area contributed by atoms with Gasteiger partial charge in [-0.1, -0.05) is 54.1 Å². The average Bonchev–Trinajstić information content (AvgIpc) is 2.83. The molecule has 0 spiro atoms. The van der Waals surface area contributed by atoms with Gasteiger partial charge in [-0.15, -0.1) is 0 Å². The van der Waals surface area contributed by atoms with Crippen LogP contribution in [0.25, 0.3) is 22.6 Å². The second kappa shape index (κ2) is 10.1. The van der Waals surface area contributed by atoms with Crippen LogP contribution >= 0.6 is 11.6 Å². The molecular weight excluding hydrogens is 441 g/mol. The van der Waals surface area contributed by atoms with E-state index < -0.39 is 5.82 Å². The number of nitrogens with two attached hydrogens (primary N) is 1. The van der Waals surface area contributed by atoms with Crippen molar-refractivity contribution in [2.75, 3.05) is 0 Å². The van der Waals surface area contributed by atoms with Crippen LogP contribution in [0.2, 0.25) is 5.02 Å². The summed E-state index contributed by atoms with van der Waals surface area (Å²) in [7, 11) is 0. The van der Waals surface area contributed by atoms with Gasteiger partial charge in [0.05, 0.1) is 16.8 Å². The summed E-state index contributed by atoms with van der Waals surface area (Å²) in [4.78, 5) is 4.60. The van der Waals surface area contributed by atoms with Crippen molar-refractivity contribution in [2.24, 2.45) is 0 Å². The van der Waals surface area contributed by atoms with Gasteiger partial charge in [-0.25, -0.2) is 14.8 Å². The molecule has 0 atom stereocenters. The van der Waals surface area contributed by atoms with E-state index in [4.69, 9.17) is 31.9 Å². The number of halogens is 2. The first-order chi connectivity index (χ1) is 16.0. The van der Waals surface area contributed by atoms with Crippen molar-refractivity contribution >= 4 is 46.5 Å². The van der Waals surface area contributed by atoms with Crippen LogP contribution in [0.1, 0.15) is 16.8 Å². The van der Waals surface area contributed by atoms with Crippen molar-refractivity contribution in [1.82, 2.24) is 4.98 Å². The summed E-state index contributed by atoms with van der Waals surface area (Å²) in [5.41, 5.74) is 3.10. The van der Waals surface area contributed by atoms with Gasteiger partial charge in [0.25, 0.3) is 0 Å². The molecule has 0 bridgehead atoms. The smallest absolute Gasteiger partial charge is 0.373 e. The van der Waals surface area contributed by atoms with Crippen molar-refractivity contribution in [3.05, 3.63) is 107 Å². The van der Waals surface area contributed by atoms with Gasteiger partial charge in [0.15, 0.2) is 6.40 Å².